The summed E-state index contributed by atoms with van der Waals surface area (Å²) >= 11 is 0. The maximum Gasteiger partial charge on any atom is 0.135 e. The van der Waals surface area contributed by atoms with Gasteiger partial charge in [-0.25, -0.2) is 0 Å². The lowest BCUT2D eigenvalue weighted by molar-refractivity contribution is 0.669. The first-order chi connectivity index (χ1) is 28.3. The number of para-hydroxylation sites is 1. The summed E-state index contributed by atoms with van der Waals surface area (Å²) in [6.07, 6.45) is 0. The Balaban J connectivity index is 1.09. The average Bonchev–Trinajstić information content (AvgIpc) is 3.91. The van der Waals surface area contributed by atoms with E-state index in [1.165, 1.54) is 55.6 Å². The first-order valence-corrected chi connectivity index (χ1v) is 19.7. The molecule has 2 aliphatic rings. The molecule has 0 fully saturated rings. The van der Waals surface area contributed by atoms with E-state index in [0.717, 1.165) is 50.1 Å². The number of hydrogen-bond acceptors (Lipinski definition) is 2. The molecule has 0 saturated heterocycles. The fourth-order valence-electron chi connectivity index (χ4n) is 9.85. The smallest absolute Gasteiger partial charge is 0.135 e. The van der Waals surface area contributed by atoms with Crippen LogP contribution in [0.3, 0.4) is 0 Å². The zero-order valence-electron chi connectivity index (χ0n) is 31.1. The number of nitrogens with zero attached hydrogens (tertiary/aromatic N) is 1. The Kier molecular flexibility index (Phi) is 6.88. The van der Waals surface area contributed by atoms with Crippen molar-refractivity contribution in [3.05, 3.63) is 235 Å². The van der Waals surface area contributed by atoms with Crippen molar-refractivity contribution in [1.82, 2.24) is 0 Å². The summed E-state index contributed by atoms with van der Waals surface area (Å²) in [4.78, 5) is 2.44. The van der Waals surface area contributed by atoms with E-state index in [1.807, 2.05) is 12.1 Å². The van der Waals surface area contributed by atoms with Crippen molar-refractivity contribution in [1.29, 1.82) is 0 Å². The second-order valence-corrected chi connectivity index (χ2v) is 15.2. The zero-order valence-corrected chi connectivity index (χ0v) is 31.1. The lowest BCUT2D eigenvalue weighted by Crippen LogP contribution is -2.26. The molecule has 2 heteroatoms. The Morgan fingerprint density at radius 3 is 1.46 bits per heavy atom. The normalized spacial score (nSPS) is 13.1. The van der Waals surface area contributed by atoms with E-state index in [0.29, 0.717) is 0 Å². The molecule has 0 saturated carbocycles. The van der Waals surface area contributed by atoms with Crippen molar-refractivity contribution in [3.8, 4) is 44.5 Å². The van der Waals surface area contributed by atoms with Crippen molar-refractivity contribution in [2.24, 2.45) is 0 Å². The van der Waals surface area contributed by atoms with Gasteiger partial charge in [-0.05, 0) is 121 Å². The predicted octanol–water partition coefficient (Wildman–Crippen LogP) is 14.7. The summed E-state index contributed by atoms with van der Waals surface area (Å²) in [5.74, 6) is 0. The van der Waals surface area contributed by atoms with Gasteiger partial charge in [0.2, 0.25) is 0 Å². The summed E-state index contributed by atoms with van der Waals surface area (Å²) in [5.41, 5.74) is 19.9. The second kappa shape index (κ2) is 12.3. The van der Waals surface area contributed by atoms with Gasteiger partial charge < -0.3 is 9.32 Å². The third-order valence-corrected chi connectivity index (χ3v) is 12.3. The molecule has 0 N–H and O–H groups in total. The van der Waals surface area contributed by atoms with Crippen molar-refractivity contribution >= 4 is 39.0 Å². The van der Waals surface area contributed by atoms with Crippen LogP contribution in [0.15, 0.2) is 217 Å². The van der Waals surface area contributed by atoms with Crippen LogP contribution in [-0.2, 0) is 5.41 Å². The minimum Gasteiger partial charge on any atom is -0.456 e. The first-order valence-electron chi connectivity index (χ1n) is 19.7. The van der Waals surface area contributed by atoms with Gasteiger partial charge in [-0.3, -0.25) is 0 Å². The van der Waals surface area contributed by atoms with Crippen molar-refractivity contribution in [2.75, 3.05) is 4.90 Å². The van der Waals surface area contributed by atoms with Crippen LogP contribution in [-0.4, -0.2) is 0 Å². The van der Waals surface area contributed by atoms with Gasteiger partial charge in [0.25, 0.3) is 0 Å². The van der Waals surface area contributed by atoms with E-state index in [2.05, 4.69) is 205 Å². The summed E-state index contributed by atoms with van der Waals surface area (Å²) in [6.45, 7) is 0. The highest BCUT2D eigenvalue weighted by Crippen LogP contribution is 2.63. The van der Waals surface area contributed by atoms with Gasteiger partial charge >= 0.3 is 0 Å². The molecule has 0 bridgehead atoms. The van der Waals surface area contributed by atoms with Crippen LogP contribution in [0.25, 0.3) is 66.4 Å². The third-order valence-electron chi connectivity index (χ3n) is 12.3. The lowest BCUT2D eigenvalue weighted by Gasteiger charge is -2.32. The van der Waals surface area contributed by atoms with Crippen LogP contribution < -0.4 is 4.90 Å². The summed E-state index contributed by atoms with van der Waals surface area (Å²) in [5, 5.41) is 2.26. The fraction of sp³-hybridized carbons (Fsp3) is 0.0182. The van der Waals surface area contributed by atoms with Gasteiger partial charge in [0.1, 0.15) is 11.2 Å². The quantitative estimate of drug-likeness (QED) is 0.176. The maximum atomic E-state index is 6.20. The maximum absolute atomic E-state index is 6.20. The number of hydrogen-bond donors (Lipinski definition) is 0. The standard InChI is InChI=1S/C55H35NO/c1-2-14-36(15-3-1)37-16-12-18-40(32-37)56(41-19-13-17-38(33-41)39-28-31-54-48(34-39)47-23-7-11-27-53(47)57-54)42-29-30-46-45-22-6-10-26-51(45)55(52(46)35-42)49-24-8-4-20-43(49)44-21-5-9-25-50(44)55/h1-35H. The monoisotopic (exact) mass is 725 g/mol. The highest BCUT2D eigenvalue weighted by Gasteiger charge is 2.51. The fourth-order valence-corrected chi connectivity index (χ4v) is 9.85. The first kappa shape index (κ1) is 31.9. The molecule has 0 atom stereocenters. The topological polar surface area (TPSA) is 16.4 Å². The third kappa shape index (κ3) is 4.65. The van der Waals surface area contributed by atoms with Gasteiger partial charge in [0, 0.05) is 27.8 Å². The van der Waals surface area contributed by atoms with Crippen molar-refractivity contribution < 1.29 is 4.42 Å². The van der Waals surface area contributed by atoms with Crippen molar-refractivity contribution in [2.45, 2.75) is 5.41 Å². The van der Waals surface area contributed by atoms with E-state index < -0.39 is 5.41 Å². The number of benzene rings is 9. The van der Waals surface area contributed by atoms with Crippen LogP contribution >= 0.6 is 0 Å². The summed E-state index contributed by atoms with van der Waals surface area (Å²) in [7, 11) is 0. The van der Waals surface area contributed by atoms with Gasteiger partial charge in [-0.1, -0.05) is 158 Å². The molecule has 10 aromatic rings. The van der Waals surface area contributed by atoms with Crippen LogP contribution in [0.2, 0.25) is 0 Å². The van der Waals surface area contributed by atoms with E-state index in [9.17, 15) is 0 Å². The average molecular weight is 726 g/mol. The second-order valence-electron chi connectivity index (χ2n) is 15.2. The number of anilines is 3. The molecule has 0 aliphatic heterocycles. The van der Waals surface area contributed by atoms with Gasteiger partial charge in [0.05, 0.1) is 5.41 Å². The molecule has 1 spiro atoms. The molecule has 1 heterocycles. The summed E-state index contributed by atoms with van der Waals surface area (Å²) in [6, 6.07) is 77.6. The van der Waals surface area contributed by atoms with Crippen LogP contribution in [0.1, 0.15) is 22.3 Å². The lowest BCUT2D eigenvalue weighted by atomic mass is 9.70. The molecule has 0 amide bonds. The molecule has 57 heavy (non-hydrogen) atoms. The highest BCUT2D eigenvalue weighted by atomic mass is 16.3. The van der Waals surface area contributed by atoms with E-state index in [4.69, 9.17) is 4.42 Å². The Morgan fingerprint density at radius 1 is 0.298 bits per heavy atom. The van der Waals surface area contributed by atoms with Gasteiger partial charge in [0.15, 0.2) is 0 Å². The van der Waals surface area contributed by atoms with Gasteiger partial charge in [-0.2, -0.15) is 0 Å². The number of rotatable bonds is 5. The van der Waals surface area contributed by atoms with Gasteiger partial charge in [-0.15, -0.1) is 0 Å². The Bertz CT molecular complexity index is 3140. The van der Waals surface area contributed by atoms with Crippen LogP contribution in [0.4, 0.5) is 17.1 Å². The van der Waals surface area contributed by atoms with E-state index in [-0.39, 0.29) is 0 Å². The Labute approximate surface area is 331 Å². The predicted molar refractivity (Wildman–Crippen MR) is 236 cm³/mol. The van der Waals surface area contributed by atoms with Crippen LogP contribution in [0, 0.1) is 0 Å². The molecule has 2 aliphatic carbocycles. The Morgan fingerprint density at radius 2 is 0.789 bits per heavy atom. The minimum absolute atomic E-state index is 0.433. The van der Waals surface area contributed by atoms with Crippen LogP contribution in [0.5, 0.6) is 0 Å². The summed E-state index contributed by atoms with van der Waals surface area (Å²) < 4.78 is 6.20. The molecule has 2 nitrogen and oxygen atoms in total. The number of furan rings is 1. The highest BCUT2D eigenvalue weighted by molar-refractivity contribution is 6.06. The molecule has 1 aromatic heterocycles. The SMILES string of the molecule is c1ccc(-c2cccc(N(c3cccc(-c4ccc5oc6ccccc6c5c4)c3)c3ccc4c(c3)C3(c5ccccc5-c5ccccc53)c3ccccc3-4)c2)cc1. The minimum atomic E-state index is -0.433. The molecule has 0 unspecified atom stereocenters. The molecule has 0 radical (unpaired) electrons. The van der Waals surface area contributed by atoms with E-state index >= 15 is 0 Å². The largest absolute Gasteiger partial charge is 0.456 e. The molecular formula is C55H35NO. The van der Waals surface area contributed by atoms with Crippen molar-refractivity contribution in [3.63, 3.8) is 0 Å². The Hall–Kier alpha value is -7.42. The molecule has 266 valence electrons. The van der Waals surface area contributed by atoms with E-state index in [1.54, 1.807) is 0 Å². The zero-order chi connectivity index (χ0) is 37.5. The number of fused-ring (bicyclic) bond motifs is 13. The molecular weight excluding hydrogens is 691 g/mol. The molecule has 9 aromatic carbocycles. The molecule has 12 rings (SSSR count).